The molecule has 0 amide bonds. The summed E-state index contributed by atoms with van der Waals surface area (Å²) in [6.07, 6.45) is 3.85. The summed E-state index contributed by atoms with van der Waals surface area (Å²) in [6, 6.07) is 0. The molecule has 1 saturated heterocycles. The summed E-state index contributed by atoms with van der Waals surface area (Å²) in [5, 5.41) is 3.24. The SMILES string of the molecule is CC(=O)C=C1CCNCC1.CC(C)(C)OC=O. The lowest BCUT2D eigenvalue weighted by atomic mass is 10.0. The summed E-state index contributed by atoms with van der Waals surface area (Å²) in [6.45, 7) is 9.58. The van der Waals surface area contributed by atoms with Gasteiger partial charge in [-0.05, 0) is 59.7 Å². The van der Waals surface area contributed by atoms with Crippen molar-refractivity contribution in [2.45, 2.75) is 46.1 Å². The first-order chi connectivity index (χ1) is 7.85. The molecule has 0 aromatic rings. The molecule has 1 aliphatic rings. The fourth-order valence-electron chi connectivity index (χ4n) is 1.32. The van der Waals surface area contributed by atoms with Crippen LogP contribution in [0.15, 0.2) is 11.6 Å². The normalized spacial score (nSPS) is 15.4. The number of piperidine rings is 1. The van der Waals surface area contributed by atoms with E-state index < -0.39 is 0 Å². The Morgan fingerprint density at radius 1 is 1.29 bits per heavy atom. The minimum absolute atomic E-state index is 0.178. The van der Waals surface area contributed by atoms with Crippen LogP contribution in [0.2, 0.25) is 0 Å². The van der Waals surface area contributed by atoms with Crippen molar-refractivity contribution in [1.82, 2.24) is 5.32 Å². The first-order valence-corrected chi connectivity index (χ1v) is 5.87. The van der Waals surface area contributed by atoms with Crippen LogP contribution in [0.25, 0.3) is 0 Å². The van der Waals surface area contributed by atoms with E-state index >= 15 is 0 Å². The van der Waals surface area contributed by atoms with Crippen LogP contribution in [-0.4, -0.2) is 30.9 Å². The highest BCUT2D eigenvalue weighted by atomic mass is 16.5. The molecule has 4 heteroatoms. The molecule has 4 nitrogen and oxygen atoms in total. The molecule has 1 aliphatic heterocycles. The molecule has 0 radical (unpaired) electrons. The number of ketones is 1. The Morgan fingerprint density at radius 3 is 2.12 bits per heavy atom. The molecule has 0 aliphatic carbocycles. The smallest absolute Gasteiger partial charge is 0.293 e. The van der Waals surface area contributed by atoms with Crippen molar-refractivity contribution in [3.05, 3.63) is 11.6 Å². The number of hydrogen-bond acceptors (Lipinski definition) is 4. The molecule has 0 aromatic heterocycles. The van der Waals surface area contributed by atoms with Gasteiger partial charge in [-0.1, -0.05) is 5.57 Å². The van der Waals surface area contributed by atoms with Gasteiger partial charge < -0.3 is 10.1 Å². The van der Waals surface area contributed by atoms with E-state index in [4.69, 9.17) is 0 Å². The largest absolute Gasteiger partial charge is 0.462 e. The Hall–Kier alpha value is -1.16. The summed E-state index contributed by atoms with van der Waals surface area (Å²) in [5.74, 6) is 0.178. The molecular formula is C13H23NO3. The molecule has 1 heterocycles. The van der Waals surface area contributed by atoms with Crippen LogP contribution in [0.5, 0.6) is 0 Å². The Morgan fingerprint density at radius 2 is 1.82 bits per heavy atom. The zero-order valence-corrected chi connectivity index (χ0v) is 11.2. The van der Waals surface area contributed by atoms with Gasteiger partial charge in [0.2, 0.25) is 0 Å². The van der Waals surface area contributed by atoms with Crippen LogP contribution >= 0.6 is 0 Å². The third-order valence-electron chi connectivity index (χ3n) is 2.05. The first kappa shape index (κ1) is 15.8. The average molecular weight is 241 g/mol. The van der Waals surface area contributed by atoms with Gasteiger partial charge in [0.1, 0.15) is 5.60 Å². The predicted molar refractivity (Wildman–Crippen MR) is 67.8 cm³/mol. The maximum Gasteiger partial charge on any atom is 0.293 e. The number of carbonyl (C=O) groups excluding carboxylic acids is 2. The van der Waals surface area contributed by atoms with E-state index in [-0.39, 0.29) is 11.4 Å². The third kappa shape index (κ3) is 11.1. The maximum atomic E-state index is 10.6. The first-order valence-electron chi connectivity index (χ1n) is 5.87. The van der Waals surface area contributed by atoms with Crippen molar-refractivity contribution in [3.8, 4) is 0 Å². The lowest BCUT2D eigenvalue weighted by Crippen LogP contribution is -2.23. The monoisotopic (exact) mass is 241 g/mol. The van der Waals surface area contributed by atoms with Crippen LogP contribution in [0.1, 0.15) is 40.5 Å². The lowest BCUT2D eigenvalue weighted by Gasteiger charge is -2.14. The van der Waals surface area contributed by atoms with E-state index in [0.29, 0.717) is 6.47 Å². The lowest BCUT2D eigenvalue weighted by molar-refractivity contribution is -0.138. The Labute approximate surface area is 103 Å². The molecule has 0 saturated carbocycles. The van der Waals surface area contributed by atoms with E-state index in [1.54, 1.807) is 13.0 Å². The molecule has 1 N–H and O–H groups in total. The molecule has 1 fully saturated rings. The Balaban J connectivity index is 0.000000325. The molecule has 0 bridgehead atoms. The van der Waals surface area contributed by atoms with Gasteiger partial charge in [-0.25, -0.2) is 0 Å². The molecule has 1 rings (SSSR count). The molecule has 98 valence electrons. The van der Waals surface area contributed by atoms with E-state index in [9.17, 15) is 9.59 Å². The second kappa shape index (κ2) is 8.01. The van der Waals surface area contributed by atoms with Gasteiger partial charge in [0, 0.05) is 0 Å². The predicted octanol–water partition coefficient (Wildman–Crippen LogP) is 1.84. The average Bonchev–Trinajstić information content (AvgIpc) is 2.17. The zero-order valence-electron chi connectivity index (χ0n) is 11.2. The quantitative estimate of drug-likeness (QED) is 0.592. The molecule has 0 aromatic carbocycles. The minimum atomic E-state index is -0.318. The van der Waals surface area contributed by atoms with Crippen LogP contribution in [0.3, 0.4) is 0 Å². The van der Waals surface area contributed by atoms with Crippen molar-refractivity contribution < 1.29 is 14.3 Å². The second-order valence-corrected chi connectivity index (χ2v) is 4.99. The molecule has 0 unspecified atom stereocenters. The highest BCUT2D eigenvalue weighted by Crippen LogP contribution is 2.09. The zero-order chi connectivity index (χ0) is 13.3. The van der Waals surface area contributed by atoms with E-state index in [2.05, 4.69) is 10.1 Å². The number of nitrogens with one attached hydrogen (secondary N) is 1. The van der Waals surface area contributed by atoms with Crippen molar-refractivity contribution in [3.63, 3.8) is 0 Å². The highest BCUT2D eigenvalue weighted by molar-refractivity contribution is 5.87. The number of rotatable bonds is 2. The summed E-state index contributed by atoms with van der Waals surface area (Å²) < 4.78 is 4.55. The summed E-state index contributed by atoms with van der Waals surface area (Å²) in [5.41, 5.74) is 0.980. The number of allylic oxidation sites excluding steroid dienone is 1. The van der Waals surface area contributed by atoms with Crippen molar-refractivity contribution in [1.29, 1.82) is 0 Å². The molecular weight excluding hydrogens is 218 g/mol. The third-order valence-corrected chi connectivity index (χ3v) is 2.05. The van der Waals surface area contributed by atoms with E-state index in [0.717, 1.165) is 25.9 Å². The summed E-state index contributed by atoms with van der Waals surface area (Å²) >= 11 is 0. The summed E-state index contributed by atoms with van der Waals surface area (Å²) in [7, 11) is 0. The van der Waals surface area contributed by atoms with Gasteiger partial charge >= 0.3 is 0 Å². The number of carbonyl (C=O) groups is 2. The second-order valence-electron chi connectivity index (χ2n) is 4.99. The van der Waals surface area contributed by atoms with Crippen molar-refractivity contribution in [2.75, 3.05) is 13.1 Å². The van der Waals surface area contributed by atoms with Gasteiger partial charge in [-0.15, -0.1) is 0 Å². The Kier molecular flexibility index (Phi) is 7.46. The Bertz CT molecular complexity index is 269. The van der Waals surface area contributed by atoms with Gasteiger partial charge in [-0.3, -0.25) is 9.59 Å². The number of ether oxygens (including phenoxy) is 1. The number of hydrogen-bond donors (Lipinski definition) is 1. The van der Waals surface area contributed by atoms with Crippen LogP contribution in [0.4, 0.5) is 0 Å². The van der Waals surface area contributed by atoms with Gasteiger partial charge in [-0.2, -0.15) is 0 Å². The van der Waals surface area contributed by atoms with E-state index in [1.807, 2.05) is 20.8 Å². The van der Waals surface area contributed by atoms with Gasteiger partial charge in [0.15, 0.2) is 5.78 Å². The van der Waals surface area contributed by atoms with Gasteiger partial charge in [0.05, 0.1) is 0 Å². The van der Waals surface area contributed by atoms with Crippen LogP contribution < -0.4 is 5.32 Å². The molecule has 0 spiro atoms. The van der Waals surface area contributed by atoms with Crippen LogP contribution in [-0.2, 0) is 14.3 Å². The fourth-order valence-corrected chi connectivity index (χ4v) is 1.32. The van der Waals surface area contributed by atoms with E-state index in [1.165, 1.54) is 5.57 Å². The maximum absolute atomic E-state index is 10.6. The van der Waals surface area contributed by atoms with Crippen molar-refractivity contribution in [2.24, 2.45) is 0 Å². The highest BCUT2D eigenvalue weighted by Gasteiger charge is 2.07. The van der Waals surface area contributed by atoms with Gasteiger partial charge in [0.25, 0.3) is 6.47 Å². The van der Waals surface area contributed by atoms with Crippen molar-refractivity contribution >= 4 is 12.3 Å². The topological polar surface area (TPSA) is 55.4 Å². The molecule has 0 atom stereocenters. The standard InChI is InChI=1S/C8H13NO.C5H10O2/c1-7(10)6-8-2-4-9-5-3-8;1-5(2,3)7-4-6/h6,9H,2-5H2,1H3;4H,1-3H3. The van der Waals surface area contributed by atoms with Crippen LogP contribution in [0, 0.1) is 0 Å². The molecule has 17 heavy (non-hydrogen) atoms. The fraction of sp³-hybridized carbons (Fsp3) is 0.692. The minimum Gasteiger partial charge on any atom is -0.462 e. The summed E-state index contributed by atoms with van der Waals surface area (Å²) in [4.78, 5) is 20.2.